The Hall–Kier alpha value is -3.23. The molecule has 3 rings (SSSR count). The van der Waals surface area contributed by atoms with Crippen molar-refractivity contribution in [1.29, 1.82) is 0 Å². The summed E-state index contributed by atoms with van der Waals surface area (Å²) in [6.07, 6.45) is 0. The Morgan fingerprint density at radius 3 is 2.03 bits per heavy atom. The third-order valence-corrected chi connectivity index (χ3v) is 6.81. The van der Waals surface area contributed by atoms with Crippen LogP contribution in [0, 0.1) is 12.7 Å². The van der Waals surface area contributed by atoms with Crippen molar-refractivity contribution in [3.8, 4) is 0 Å². The van der Waals surface area contributed by atoms with Crippen molar-refractivity contribution in [3.63, 3.8) is 0 Å². The number of aryl methyl sites for hydroxylation is 1. The summed E-state index contributed by atoms with van der Waals surface area (Å²) in [6.45, 7) is 1.52. The van der Waals surface area contributed by atoms with Gasteiger partial charge in [-0.3, -0.25) is 4.79 Å². The van der Waals surface area contributed by atoms with Gasteiger partial charge in [0.15, 0.2) is 0 Å². The van der Waals surface area contributed by atoms with Gasteiger partial charge in [0.2, 0.25) is 5.91 Å². The highest BCUT2D eigenvalue weighted by Gasteiger charge is 2.28. The summed E-state index contributed by atoms with van der Waals surface area (Å²) >= 11 is 0. The van der Waals surface area contributed by atoms with Gasteiger partial charge in [0.05, 0.1) is 11.7 Å². The molecule has 0 aliphatic rings. The quantitative estimate of drug-likeness (QED) is 0.564. The maximum absolute atomic E-state index is 13.4. The summed E-state index contributed by atoms with van der Waals surface area (Å²) in [5.41, 5.74) is 3.03. The fourth-order valence-electron chi connectivity index (χ4n) is 3.21. The van der Waals surface area contributed by atoms with Crippen molar-refractivity contribution in [3.05, 3.63) is 101 Å². The molecule has 0 heterocycles. The highest BCUT2D eigenvalue weighted by atomic mass is 32.2. The van der Waals surface area contributed by atoms with Crippen LogP contribution in [0.4, 0.5) is 10.1 Å². The first-order valence-corrected chi connectivity index (χ1v) is 11.4. The van der Waals surface area contributed by atoms with E-state index in [1.807, 2.05) is 61.5 Å². The van der Waals surface area contributed by atoms with Gasteiger partial charge in [0.1, 0.15) is 12.4 Å². The van der Waals surface area contributed by atoms with E-state index < -0.39 is 34.5 Å². The molecule has 168 valence electrons. The maximum Gasteiger partial charge on any atom is 0.304 e. The number of carbonyl (C=O) groups is 1. The summed E-state index contributed by atoms with van der Waals surface area (Å²) in [7, 11) is -1.23. The lowest BCUT2D eigenvalue weighted by atomic mass is 9.98. The van der Waals surface area contributed by atoms with E-state index in [-0.39, 0.29) is 5.69 Å². The summed E-state index contributed by atoms with van der Waals surface area (Å²) in [4.78, 5) is 13.1. The zero-order valence-electron chi connectivity index (χ0n) is 18.2. The number of nitrogens with zero attached hydrogens (tertiary/aromatic N) is 2. The fraction of sp³-hybridized carbons (Fsp3) is 0.208. The van der Waals surface area contributed by atoms with Crippen molar-refractivity contribution in [1.82, 2.24) is 9.62 Å². The summed E-state index contributed by atoms with van der Waals surface area (Å²) in [5.74, 6) is -0.988. The second-order valence-corrected chi connectivity index (χ2v) is 9.66. The topological polar surface area (TPSA) is 69.7 Å². The van der Waals surface area contributed by atoms with Crippen molar-refractivity contribution in [2.45, 2.75) is 13.0 Å². The van der Waals surface area contributed by atoms with Gasteiger partial charge in [0.25, 0.3) is 0 Å². The SMILES string of the molecule is Cc1ccc([C@@H](NC(=O)CN(c2ccc(F)cc2)S(=O)(=O)N(C)C)c2ccccc2)cc1. The third-order valence-electron chi connectivity index (χ3n) is 4.99. The van der Waals surface area contributed by atoms with Gasteiger partial charge in [-0.1, -0.05) is 60.2 Å². The number of amides is 1. The van der Waals surface area contributed by atoms with E-state index in [2.05, 4.69) is 5.32 Å². The minimum Gasteiger partial charge on any atom is -0.344 e. The molecule has 3 aromatic rings. The first-order valence-electron chi connectivity index (χ1n) is 10.0. The molecular formula is C24H26FN3O3S. The van der Waals surface area contributed by atoms with Gasteiger partial charge < -0.3 is 5.32 Å². The third kappa shape index (κ3) is 5.52. The van der Waals surface area contributed by atoms with E-state index in [4.69, 9.17) is 0 Å². The molecular weight excluding hydrogens is 429 g/mol. The van der Waals surface area contributed by atoms with E-state index in [1.54, 1.807) is 0 Å². The molecule has 0 unspecified atom stereocenters. The molecule has 0 bridgehead atoms. The van der Waals surface area contributed by atoms with Crippen LogP contribution >= 0.6 is 0 Å². The molecule has 0 radical (unpaired) electrons. The van der Waals surface area contributed by atoms with Crippen LogP contribution in [0.1, 0.15) is 22.7 Å². The molecule has 6 nitrogen and oxygen atoms in total. The Labute approximate surface area is 188 Å². The smallest absolute Gasteiger partial charge is 0.304 e. The number of anilines is 1. The fourth-order valence-corrected chi connectivity index (χ4v) is 4.27. The molecule has 0 spiro atoms. The number of hydrogen-bond acceptors (Lipinski definition) is 3. The van der Waals surface area contributed by atoms with Crippen LogP contribution < -0.4 is 9.62 Å². The normalized spacial score (nSPS) is 12.4. The van der Waals surface area contributed by atoms with E-state index in [0.717, 1.165) is 37.4 Å². The van der Waals surface area contributed by atoms with Gasteiger partial charge >= 0.3 is 10.2 Å². The molecule has 0 aliphatic carbocycles. The van der Waals surface area contributed by atoms with E-state index in [0.29, 0.717) is 0 Å². The molecule has 0 saturated carbocycles. The Morgan fingerprint density at radius 1 is 0.906 bits per heavy atom. The van der Waals surface area contributed by atoms with Crippen LogP contribution in [0.5, 0.6) is 0 Å². The molecule has 1 N–H and O–H groups in total. The average molecular weight is 456 g/mol. The zero-order valence-corrected chi connectivity index (χ0v) is 19.0. The van der Waals surface area contributed by atoms with Crippen LogP contribution in [-0.2, 0) is 15.0 Å². The highest BCUT2D eigenvalue weighted by Crippen LogP contribution is 2.24. The van der Waals surface area contributed by atoms with Crippen molar-refractivity contribution < 1.29 is 17.6 Å². The van der Waals surface area contributed by atoms with Crippen LogP contribution in [0.2, 0.25) is 0 Å². The van der Waals surface area contributed by atoms with Gasteiger partial charge in [-0.05, 0) is 42.3 Å². The molecule has 0 fully saturated rings. The standard InChI is InChI=1S/C24H26FN3O3S/c1-18-9-11-20(12-10-18)24(19-7-5-4-6-8-19)26-23(29)17-28(32(30,31)27(2)3)22-15-13-21(25)14-16-22/h4-16,24H,17H2,1-3H3,(H,26,29)/t24-/m0/s1. The summed E-state index contributed by atoms with van der Waals surface area (Å²) in [6, 6.07) is 21.7. The van der Waals surface area contributed by atoms with Gasteiger partial charge in [-0.2, -0.15) is 12.7 Å². The van der Waals surface area contributed by atoms with Gasteiger partial charge in [-0.15, -0.1) is 0 Å². The lowest BCUT2D eigenvalue weighted by molar-refractivity contribution is -0.120. The van der Waals surface area contributed by atoms with E-state index in [1.165, 1.54) is 26.2 Å². The molecule has 1 amide bonds. The van der Waals surface area contributed by atoms with E-state index >= 15 is 0 Å². The predicted octanol–water partition coefficient (Wildman–Crippen LogP) is 3.65. The maximum atomic E-state index is 13.4. The Bertz CT molecular complexity index is 1150. The van der Waals surface area contributed by atoms with Crippen molar-refractivity contribution in [2.75, 3.05) is 24.9 Å². The second-order valence-electron chi connectivity index (χ2n) is 7.60. The lowest BCUT2D eigenvalue weighted by Gasteiger charge is -2.28. The van der Waals surface area contributed by atoms with Crippen molar-refractivity contribution >= 4 is 21.8 Å². The predicted molar refractivity (Wildman–Crippen MR) is 124 cm³/mol. The summed E-state index contributed by atoms with van der Waals surface area (Å²) < 4.78 is 41.1. The number of carbonyl (C=O) groups excluding carboxylic acids is 1. The number of halogens is 1. The number of benzene rings is 3. The van der Waals surface area contributed by atoms with Crippen molar-refractivity contribution in [2.24, 2.45) is 0 Å². The number of nitrogens with one attached hydrogen (secondary N) is 1. The van der Waals surface area contributed by atoms with Crippen LogP contribution in [0.25, 0.3) is 0 Å². The molecule has 8 heteroatoms. The molecule has 32 heavy (non-hydrogen) atoms. The Morgan fingerprint density at radius 2 is 1.47 bits per heavy atom. The molecule has 3 aromatic carbocycles. The van der Waals surface area contributed by atoms with Crippen LogP contribution in [-0.4, -0.2) is 39.3 Å². The minimum atomic E-state index is -3.99. The van der Waals surface area contributed by atoms with Gasteiger partial charge in [0, 0.05) is 14.1 Å². The largest absolute Gasteiger partial charge is 0.344 e. The zero-order chi connectivity index (χ0) is 23.3. The Kier molecular flexibility index (Phi) is 7.27. The van der Waals surface area contributed by atoms with E-state index in [9.17, 15) is 17.6 Å². The molecule has 0 aromatic heterocycles. The molecule has 0 saturated heterocycles. The minimum absolute atomic E-state index is 0.196. The van der Waals surface area contributed by atoms with Gasteiger partial charge in [-0.25, -0.2) is 8.70 Å². The monoisotopic (exact) mass is 455 g/mol. The number of hydrogen-bond donors (Lipinski definition) is 1. The second kappa shape index (κ2) is 9.93. The average Bonchev–Trinajstić information content (AvgIpc) is 2.78. The number of rotatable bonds is 8. The summed E-state index contributed by atoms with van der Waals surface area (Å²) in [5, 5.41) is 2.95. The highest BCUT2D eigenvalue weighted by molar-refractivity contribution is 7.90. The van der Waals surface area contributed by atoms with Crippen LogP contribution in [0.3, 0.4) is 0 Å². The lowest BCUT2D eigenvalue weighted by Crippen LogP contribution is -2.46. The first-order chi connectivity index (χ1) is 15.2. The molecule has 1 atom stereocenters. The van der Waals surface area contributed by atoms with Crippen LogP contribution in [0.15, 0.2) is 78.9 Å². The first kappa shape index (κ1) is 23.4. The Balaban J connectivity index is 1.91. The molecule has 0 aliphatic heterocycles.